The van der Waals surface area contributed by atoms with E-state index in [0.29, 0.717) is 0 Å². The van der Waals surface area contributed by atoms with Crippen LogP contribution in [0.1, 0.15) is 11.4 Å². The Morgan fingerprint density at radius 3 is 2.68 bits per heavy atom. The number of hydrogen-bond acceptors (Lipinski definition) is 2. The SMILES string of the molecule is CN=C(NCCn1ccnc1C)N(C)Cc1ccc(Cl)cc1. The largest absolute Gasteiger partial charge is 0.354 e. The number of aryl methyl sites for hydroxylation is 1. The van der Waals surface area contributed by atoms with Crippen molar-refractivity contribution in [2.24, 2.45) is 4.99 Å². The molecule has 1 aromatic heterocycles. The maximum atomic E-state index is 5.91. The van der Waals surface area contributed by atoms with E-state index in [1.807, 2.05) is 50.6 Å². The van der Waals surface area contributed by atoms with Gasteiger partial charge in [-0.15, -0.1) is 0 Å². The molecular weight excluding hydrogens is 298 g/mol. The number of hydrogen-bond donors (Lipinski definition) is 1. The molecule has 2 aromatic rings. The van der Waals surface area contributed by atoms with Crippen molar-refractivity contribution in [2.45, 2.75) is 20.0 Å². The second-order valence-corrected chi connectivity index (χ2v) is 5.56. The molecule has 0 saturated carbocycles. The van der Waals surface area contributed by atoms with Crippen molar-refractivity contribution >= 4 is 17.6 Å². The fraction of sp³-hybridized carbons (Fsp3) is 0.375. The molecule has 0 unspecified atom stereocenters. The first kappa shape index (κ1) is 16.4. The summed E-state index contributed by atoms with van der Waals surface area (Å²) in [5, 5.41) is 4.12. The van der Waals surface area contributed by atoms with E-state index >= 15 is 0 Å². The van der Waals surface area contributed by atoms with Crippen molar-refractivity contribution in [3.05, 3.63) is 53.1 Å². The van der Waals surface area contributed by atoms with Gasteiger partial charge in [-0.2, -0.15) is 0 Å². The van der Waals surface area contributed by atoms with Crippen LogP contribution in [0, 0.1) is 6.92 Å². The summed E-state index contributed by atoms with van der Waals surface area (Å²) < 4.78 is 2.11. The lowest BCUT2D eigenvalue weighted by atomic mass is 10.2. The highest BCUT2D eigenvalue weighted by Crippen LogP contribution is 2.10. The number of guanidine groups is 1. The molecule has 22 heavy (non-hydrogen) atoms. The van der Waals surface area contributed by atoms with Gasteiger partial charge >= 0.3 is 0 Å². The molecule has 0 spiro atoms. The molecule has 1 heterocycles. The Kier molecular flexibility index (Phi) is 5.83. The number of halogens is 1. The van der Waals surface area contributed by atoms with Crippen molar-refractivity contribution in [1.82, 2.24) is 19.8 Å². The van der Waals surface area contributed by atoms with E-state index in [2.05, 4.69) is 24.8 Å². The quantitative estimate of drug-likeness (QED) is 0.680. The van der Waals surface area contributed by atoms with Gasteiger partial charge in [0.25, 0.3) is 0 Å². The first-order valence-electron chi connectivity index (χ1n) is 7.24. The average molecular weight is 320 g/mol. The summed E-state index contributed by atoms with van der Waals surface area (Å²) in [5.41, 5.74) is 1.19. The van der Waals surface area contributed by atoms with E-state index in [1.165, 1.54) is 5.56 Å². The second kappa shape index (κ2) is 7.84. The summed E-state index contributed by atoms with van der Waals surface area (Å²) in [6.45, 7) is 4.44. The highest BCUT2D eigenvalue weighted by Gasteiger charge is 2.06. The Morgan fingerprint density at radius 1 is 1.36 bits per heavy atom. The van der Waals surface area contributed by atoms with Crippen LogP contribution in [0.5, 0.6) is 0 Å². The van der Waals surface area contributed by atoms with E-state index < -0.39 is 0 Å². The van der Waals surface area contributed by atoms with Gasteiger partial charge < -0.3 is 14.8 Å². The predicted molar refractivity (Wildman–Crippen MR) is 91.2 cm³/mol. The fourth-order valence-corrected chi connectivity index (χ4v) is 2.38. The zero-order valence-corrected chi connectivity index (χ0v) is 14.0. The molecule has 118 valence electrons. The summed E-state index contributed by atoms with van der Waals surface area (Å²) in [5.74, 6) is 1.89. The van der Waals surface area contributed by atoms with Crippen LogP contribution >= 0.6 is 11.6 Å². The molecule has 0 amide bonds. The van der Waals surface area contributed by atoms with Crippen molar-refractivity contribution < 1.29 is 0 Å². The van der Waals surface area contributed by atoms with E-state index in [9.17, 15) is 0 Å². The van der Waals surface area contributed by atoms with Crippen LogP contribution in [0.4, 0.5) is 0 Å². The molecule has 0 atom stereocenters. The van der Waals surface area contributed by atoms with E-state index in [-0.39, 0.29) is 0 Å². The number of aromatic nitrogens is 2. The molecule has 6 heteroatoms. The van der Waals surface area contributed by atoms with Crippen LogP contribution in [0.2, 0.25) is 5.02 Å². The Bertz CT molecular complexity index is 618. The maximum Gasteiger partial charge on any atom is 0.193 e. The Morgan fingerprint density at radius 2 is 2.09 bits per heavy atom. The Labute approximate surface area is 136 Å². The third-order valence-electron chi connectivity index (χ3n) is 3.47. The second-order valence-electron chi connectivity index (χ2n) is 5.12. The Hall–Kier alpha value is -2.01. The van der Waals surface area contributed by atoms with Crippen LogP contribution in [0.25, 0.3) is 0 Å². The molecule has 5 nitrogen and oxygen atoms in total. The lowest BCUT2D eigenvalue weighted by Crippen LogP contribution is -2.39. The molecule has 0 aliphatic heterocycles. The molecule has 1 aromatic carbocycles. The van der Waals surface area contributed by atoms with Crippen LogP contribution in [-0.2, 0) is 13.1 Å². The van der Waals surface area contributed by atoms with Gasteiger partial charge in [0.15, 0.2) is 5.96 Å². The van der Waals surface area contributed by atoms with Gasteiger partial charge in [0.2, 0.25) is 0 Å². The highest BCUT2D eigenvalue weighted by atomic mass is 35.5. The first-order valence-corrected chi connectivity index (χ1v) is 7.62. The molecule has 2 rings (SSSR count). The molecular formula is C16H22ClN5. The summed E-state index contributed by atoms with van der Waals surface area (Å²) in [6.07, 6.45) is 3.80. The van der Waals surface area contributed by atoms with Gasteiger partial charge in [0.05, 0.1) is 0 Å². The van der Waals surface area contributed by atoms with Crippen LogP contribution in [0.3, 0.4) is 0 Å². The number of benzene rings is 1. The minimum absolute atomic E-state index is 0.754. The summed E-state index contributed by atoms with van der Waals surface area (Å²) in [4.78, 5) is 10.6. The molecule has 0 aliphatic rings. The smallest absolute Gasteiger partial charge is 0.193 e. The first-order chi connectivity index (χ1) is 10.6. The van der Waals surface area contributed by atoms with Gasteiger partial charge in [-0.1, -0.05) is 23.7 Å². The van der Waals surface area contributed by atoms with Crippen LogP contribution < -0.4 is 5.32 Å². The zero-order chi connectivity index (χ0) is 15.9. The number of imidazole rings is 1. The van der Waals surface area contributed by atoms with Crippen LogP contribution in [-0.4, -0.2) is 41.1 Å². The Balaban J connectivity index is 1.85. The lowest BCUT2D eigenvalue weighted by Gasteiger charge is -2.22. The van der Waals surface area contributed by atoms with Gasteiger partial charge in [-0.25, -0.2) is 4.98 Å². The minimum Gasteiger partial charge on any atom is -0.354 e. The van der Waals surface area contributed by atoms with Crippen molar-refractivity contribution in [1.29, 1.82) is 0 Å². The van der Waals surface area contributed by atoms with E-state index in [0.717, 1.165) is 36.4 Å². The molecule has 0 saturated heterocycles. The van der Waals surface area contributed by atoms with E-state index in [1.54, 1.807) is 7.05 Å². The maximum absolute atomic E-state index is 5.91. The monoisotopic (exact) mass is 319 g/mol. The summed E-state index contributed by atoms with van der Waals surface area (Å²) in [7, 11) is 3.82. The van der Waals surface area contributed by atoms with Gasteiger partial charge in [-0.3, -0.25) is 4.99 Å². The van der Waals surface area contributed by atoms with Gasteiger partial charge in [0, 0.05) is 51.1 Å². The zero-order valence-electron chi connectivity index (χ0n) is 13.3. The third-order valence-corrected chi connectivity index (χ3v) is 3.72. The van der Waals surface area contributed by atoms with Crippen LogP contribution in [0.15, 0.2) is 41.7 Å². The average Bonchev–Trinajstić information content (AvgIpc) is 2.91. The standard InChI is InChI=1S/C16H22ClN5/c1-13-19-8-10-22(13)11-9-20-16(18-2)21(3)12-14-4-6-15(17)7-5-14/h4-8,10H,9,11-12H2,1-3H3,(H,18,20). The molecule has 0 radical (unpaired) electrons. The third kappa shape index (κ3) is 4.49. The summed E-state index contributed by atoms with van der Waals surface area (Å²) in [6, 6.07) is 7.87. The number of rotatable bonds is 5. The summed E-state index contributed by atoms with van der Waals surface area (Å²) >= 11 is 5.91. The van der Waals surface area contributed by atoms with Crippen molar-refractivity contribution in [2.75, 3.05) is 20.6 Å². The fourth-order valence-electron chi connectivity index (χ4n) is 2.25. The molecule has 0 aliphatic carbocycles. The van der Waals surface area contributed by atoms with Gasteiger partial charge in [-0.05, 0) is 24.6 Å². The van der Waals surface area contributed by atoms with Crippen molar-refractivity contribution in [3.63, 3.8) is 0 Å². The minimum atomic E-state index is 0.754. The normalized spacial score (nSPS) is 11.5. The number of aliphatic imine (C=N–C) groups is 1. The lowest BCUT2D eigenvalue weighted by molar-refractivity contribution is 0.473. The highest BCUT2D eigenvalue weighted by molar-refractivity contribution is 6.30. The number of nitrogens with one attached hydrogen (secondary N) is 1. The number of nitrogens with zero attached hydrogens (tertiary/aromatic N) is 4. The molecule has 1 N–H and O–H groups in total. The topological polar surface area (TPSA) is 45.5 Å². The van der Waals surface area contributed by atoms with Gasteiger partial charge in [0.1, 0.15) is 5.82 Å². The molecule has 0 bridgehead atoms. The van der Waals surface area contributed by atoms with Crippen molar-refractivity contribution in [3.8, 4) is 0 Å². The van der Waals surface area contributed by atoms with E-state index in [4.69, 9.17) is 11.6 Å². The molecule has 0 fully saturated rings. The predicted octanol–water partition coefficient (Wildman–Crippen LogP) is 2.55.